The predicted molar refractivity (Wildman–Crippen MR) is 87.3 cm³/mol. The molecule has 0 radical (unpaired) electrons. The zero-order valence-electron chi connectivity index (χ0n) is 12.8. The van der Waals surface area contributed by atoms with Gasteiger partial charge >= 0.3 is 6.09 Å². The summed E-state index contributed by atoms with van der Waals surface area (Å²) in [5.41, 5.74) is -0.465. The third-order valence-corrected chi connectivity index (χ3v) is 3.37. The SMILES string of the molecule is CC(C)(C)OC(=O)n1c(=O)c2ccccc2c2ccccc21. The number of benzene rings is 2. The minimum absolute atomic E-state index is 0.358. The number of hydrogen-bond donors (Lipinski definition) is 0. The third-order valence-electron chi connectivity index (χ3n) is 3.37. The topological polar surface area (TPSA) is 48.3 Å². The van der Waals surface area contributed by atoms with Gasteiger partial charge in [0, 0.05) is 10.8 Å². The van der Waals surface area contributed by atoms with Crippen molar-refractivity contribution in [3.63, 3.8) is 0 Å². The quantitative estimate of drug-likeness (QED) is 0.590. The van der Waals surface area contributed by atoms with Gasteiger partial charge in [-0.15, -0.1) is 0 Å². The fourth-order valence-corrected chi connectivity index (χ4v) is 2.52. The van der Waals surface area contributed by atoms with Gasteiger partial charge in [0.15, 0.2) is 0 Å². The van der Waals surface area contributed by atoms with Crippen molar-refractivity contribution in [2.75, 3.05) is 0 Å². The lowest BCUT2D eigenvalue weighted by Crippen LogP contribution is -2.34. The summed E-state index contributed by atoms with van der Waals surface area (Å²) in [6, 6.07) is 14.6. The van der Waals surface area contributed by atoms with Gasteiger partial charge in [-0.05, 0) is 38.3 Å². The van der Waals surface area contributed by atoms with Gasteiger partial charge in [0.05, 0.1) is 5.52 Å². The lowest BCUT2D eigenvalue weighted by atomic mass is 10.1. The van der Waals surface area contributed by atoms with E-state index >= 15 is 0 Å². The van der Waals surface area contributed by atoms with Crippen molar-refractivity contribution >= 4 is 27.8 Å². The molecule has 0 atom stereocenters. The molecule has 0 aliphatic heterocycles. The second-order valence-electron chi connectivity index (χ2n) is 6.18. The van der Waals surface area contributed by atoms with Crippen LogP contribution in [0.3, 0.4) is 0 Å². The second-order valence-corrected chi connectivity index (χ2v) is 6.18. The van der Waals surface area contributed by atoms with Crippen molar-refractivity contribution in [2.24, 2.45) is 0 Å². The van der Waals surface area contributed by atoms with Gasteiger partial charge in [-0.25, -0.2) is 9.36 Å². The number of aromatic nitrogens is 1. The van der Waals surface area contributed by atoms with Crippen LogP contribution in [0.15, 0.2) is 53.3 Å². The summed E-state index contributed by atoms with van der Waals surface area (Å²) in [4.78, 5) is 25.2. The number of fused-ring (bicyclic) bond motifs is 3. The maximum absolute atomic E-state index is 12.7. The van der Waals surface area contributed by atoms with E-state index in [2.05, 4.69) is 0 Å². The first-order valence-corrected chi connectivity index (χ1v) is 7.14. The van der Waals surface area contributed by atoms with Gasteiger partial charge in [-0.3, -0.25) is 4.79 Å². The van der Waals surface area contributed by atoms with E-state index in [1.807, 2.05) is 24.3 Å². The molecule has 112 valence electrons. The summed E-state index contributed by atoms with van der Waals surface area (Å²) in [5.74, 6) is 0. The van der Waals surface area contributed by atoms with E-state index in [4.69, 9.17) is 4.74 Å². The molecule has 22 heavy (non-hydrogen) atoms. The molecule has 0 N–H and O–H groups in total. The first kappa shape index (κ1) is 14.3. The second kappa shape index (κ2) is 4.98. The van der Waals surface area contributed by atoms with E-state index < -0.39 is 11.7 Å². The highest BCUT2D eigenvalue weighted by molar-refractivity contribution is 6.07. The lowest BCUT2D eigenvalue weighted by Gasteiger charge is -2.21. The Morgan fingerprint density at radius 3 is 2.09 bits per heavy atom. The van der Waals surface area contributed by atoms with E-state index in [0.29, 0.717) is 10.9 Å². The van der Waals surface area contributed by atoms with Crippen molar-refractivity contribution in [1.82, 2.24) is 4.57 Å². The fourth-order valence-electron chi connectivity index (χ4n) is 2.52. The molecule has 1 aromatic heterocycles. The number of hydrogen-bond acceptors (Lipinski definition) is 3. The highest BCUT2D eigenvalue weighted by atomic mass is 16.6. The number of para-hydroxylation sites is 1. The average Bonchev–Trinajstić information content (AvgIpc) is 2.46. The predicted octanol–water partition coefficient (Wildman–Crippen LogP) is 3.94. The summed E-state index contributed by atoms with van der Waals surface area (Å²) in [7, 11) is 0. The van der Waals surface area contributed by atoms with Crippen LogP contribution in [0.5, 0.6) is 0 Å². The fraction of sp³-hybridized carbons (Fsp3) is 0.222. The van der Waals surface area contributed by atoms with Crippen LogP contribution in [0, 0.1) is 0 Å². The standard InChI is InChI=1S/C18H17NO3/c1-18(2,3)22-17(21)19-15-11-7-6-9-13(15)12-8-4-5-10-14(12)16(19)20/h4-11H,1-3H3. The number of ether oxygens (including phenoxy) is 1. The number of rotatable bonds is 0. The van der Waals surface area contributed by atoms with Crippen molar-refractivity contribution in [2.45, 2.75) is 26.4 Å². The molecular formula is C18H17NO3. The van der Waals surface area contributed by atoms with Crippen molar-refractivity contribution < 1.29 is 9.53 Å². The molecule has 0 aliphatic carbocycles. The van der Waals surface area contributed by atoms with Crippen LogP contribution in [-0.2, 0) is 4.74 Å². The molecule has 3 aromatic rings. The summed E-state index contributed by atoms with van der Waals surface area (Å²) in [6.45, 7) is 5.33. The van der Waals surface area contributed by atoms with Crippen molar-refractivity contribution in [3.05, 3.63) is 58.9 Å². The van der Waals surface area contributed by atoms with Crippen LogP contribution in [0.25, 0.3) is 21.7 Å². The number of carbonyl (C=O) groups is 1. The van der Waals surface area contributed by atoms with E-state index in [0.717, 1.165) is 15.3 Å². The number of pyridine rings is 1. The summed E-state index contributed by atoms with van der Waals surface area (Å²) in [6.07, 6.45) is -0.653. The molecular weight excluding hydrogens is 278 g/mol. The van der Waals surface area contributed by atoms with Gasteiger partial charge in [0.25, 0.3) is 5.56 Å². The van der Waals surface area contributed by atoms with E-state index in [9.17, 15) is 9.59 Å². The zero-order chi connectivity index (χ0) is 15.9. The summed E-state index contributed by atoms with van der Waals surface area (Å²) in [5, 5.41) is 2.19. The van der Waals surface area contributed by atoms with E-state index in [1.54, 1.807) is 45.0 Å². The highest BCUT2D eigenvalue weighted by Gasteiger charge is 2.21. The molecule has 1 heterocycles. The molecule has 0 aliphatic rings. The summed E-state index contributed by atoms with van der Waals surface area (Å²) >= 11 is 0. The Hall–Kier alpha value is -2.62. The van der Waals surface area contributed by atoms with Crippen molar-refractivity contribution in [1.29, 1.82) is 0 Å². The smallest absolute Gasteiger partial charge is 0.422 e. The Bertz CT molecular complexity index is 932. The van der Waals surface area contributed by atoms with E-state index in [-0.39, 0.29) is 5.56 Å². The molecule has 0 fully saturated rings. The Labute approximate surface area is 127 Å². The Balaban J connectivity index is 2.40. The zero-order valence-corrected chi connectivity index (χ0v) is 12.8. The minimum atomic E-state index is -0.663. The molecule has 0 spiro atoms. The number of carbonyl (C=O) groups excluding carboxylic acids is 1. The third kappa shape index (κ3) is 2.37. The molecule has 4 heteroatoms. The number of nitrogens with zero attached hydrogens (tertiary/aromatic N) is 1. The van der Waals surface area contributed by atoms with Crippen LogP contribution in [0.4, 0.5) is 4.79 Å². The van der Waals surface area contributed by atoms with Gasteiger partial charge in [-0.1, -0.05) is 36.4 Å². The molecule has 2 aromatic carbocycles. The van der Waals surface area contributed by atoms with Gasteiger partial charge in [0.1, 0.15) is 5.60 Å². The van der Waals surface area contributed by atoms with Gasteiger partial charge < -0.3 is 4.74 Å². The van der Waals surface area contributed by atoms with Crippen LogP contribution < -0.4 is 5.56 Å². The normalized spacial score (nSPS) is 11.8. The maximum Gasteiger partial charge on any atom is 0.422 e. The molecule has 4 nitrogen and oxygen atoms in total. The monoisotopic (exact) mass is 295 g/mol. The first-order valence-electron chi connectivity index (χ1n) is 7.14. The molecule has 0 unspecified atom stereocenters. The van der Waals surface area contributed by atoms with Crippen LogP contribution in [0.2, 0.25) is 0 Å². The van der Waals surface area contributed by atoms with Crippen molar-refractivity contribution in [3.8, 4) is 0 Å². The van der Waals surface area contributed by atoms with E-state index in [1.165, 1.54) is 0 Å². The lowest BCUT2D eigenvalue weighted by molar-refractivity contribution is 0.0539. The van der Waals surface area contributed by atoms with Crippen LogP contribution in [-0.4, -0.2) is 16.3 Å². The highest BCUT2D eigenvalue weighted by Crippen LogP contribution is 2.23. The average molecular weight is 295 g/mol. The molecule has 3 rings (SSSR count). The summed E-state index contributed by atoms with van der Waals surface area (Å²) < 4.78 is 6.50. The molecule has 0 saturated heterocycles. The Morgan fingerprint density at radius 2 is 1.45 bits per heavy atom. The maximum atomic E-state index is 12.7. The van der Waals surface area contributed by atoms with Crippen LogP contribution >= 0.6 is 0 Å². The molecule has 0 amide bonds. The van der Waals surface area contributed by atoms with Gasteiger partial charge in [0.2, 0.25) is 0 Å². The largest absolute Gasteiger partial charge is 0.443 e. The van der Waals surface area contributed by atoms with Crippen LogP contribution in [0.1, 0.15) is 20.8 Å². The minimum Gasteiger partial charge on any atom is -0.443 e. The first-order chi connectivity index (χ1) is 10.4. The Morgan fingerprint density at radius 1 is 0.909 bits per heavy atom. The Kier molecular flexibility index (Phi) is 3.24. The molecule has 0 bridgehead atoms. The molecule has 0 saturated carbocycles. The van der Waals surface area contributed by atoms with Gasteiger partial charge in [-0.2, -0.15) is 0 Å².